The quantitative estimate of drug-likeness (QED) is 0.345. The number of hydrogen-bond donors (Lipinski definition) is 2. The zero-order valence-electron chi connectivity index (χ0n) is 8.48. The molecule has 0 radical (unpaired) electrons. The molecule has 2 N–H and O–H groups in total. The molecule has 2 unspecified atom stereocenters. The first-order valence-corrected chi connectivity index (χ1v) is 4.62. The highest BCUT2D eigenvalue weighted by Crippen LogP contribution is 2.18. The van der Waals surface area contributed by atoms with Crippen molar-refractivity contribution in [3.63, 3.8) is 0 Å². The fourth-order valence-electron chi connectivity index (χ4n) is 1.25. The molecule has 16 heavy (non-hydrogen) atoms. The van der Waals surface area contributed by atoms with Crippen LogP contribution in [0.25, 0.3) is 10.4 Å². The second-order valence-electron chi connectivity index (χ2n) is 3.20. The van der Waals surface area contributed by atoms with Gasteiger partial charge in [-0.1, -0.05) is 23.2 Å². The summed E-state index contributed by atoms with van der Waals surface area (Å²) in [5, 5.41) is 22.4. The van der Waals surface area contributed by atoms with E-state index in [0.29, 0.717) is 11.1 Å². The van der Waals surface area contributed by atoms with Crippen LogP contribution in [0.4, 0.5) is 0 Å². The third kappa shape index (κ3) is 3.01. The average molecular weight is 217 g/mol. The van der Waals surface area contributed by atoms with Gasteiger partial charge in [0.15, 0.2) is 0 Å². The average Bonchev–Trinajstić information content (AvgIpc) is 2.35. The van der Waals surface area contributed by atoms with Crippen molar-refractivity contribution in [3.8, 4) is 12.3 Å². The van der Waals surface area contributed by atoms with Gasteiger partial charge in [-0.15, -0.1) is 6.42 Å². The molecule has 0 fully saturated rings. The lowest BCUT2D eigenvalue weighted by Gasteiger charge is -2.16. The minimum atomic E-state index is -1.14. The number of hydrogen-bond acceptors (Lipinski definition) is 3. The van der Waals surface area contributed by atoms with Gasteiger partial charge in [-0.05, 0) is 23.2 Å². The highest BCUT2D eigenvalue weighted by molar-refractivity contribution is 5.36. The standard InChI is InChI=1S/C11H11N3O2/c1-2-8-4-3-5-9(6-8)11(16)10(15)7-13-14-12/h1,3-6,10-11,15-16H,7H2. The highest BCUT2D eigenvalue weighted by atomic mass is 16.3. The Bertz CT molecular complexity index is 447. The third-order valence-corrected chi connectivity index (χ3v) is 2.09. The molecule has 0 saturated carbocycles. The Labute approximate surface area is 93.0 Å². The van der Waals surface area contributed by atoms with Crippen LogP contribution in [0.5, 0.6) is 0 Å². The molecule has 0 aromatic heterocycles. The van der Waals surface area contributed by atoms with E-state index >= 15 is 0 Å². The van der Waals surface area contributed by atoms with Gasteiger partial charge in [-0.25, -0.2) is 0 Å². The van der Waals surface area contributed by atoms with E-state index in [1.54, 1.807) is 24.3 Å². The van der Waals surface area contributed by atoms with Gasteiger partial charge >= 0.3 is 0 Å². The van der Waals surface area contributed by atoms with E-state index in [-0.39, 0.29) is 6.54 Å². The molecular weight excluding hydrogens is 206 g/mol. The van der Waals surface area contributed by atoms with E-state index in [0.717, 1.165) is 0 Å². The fourth-order valence-corrected chi connectivity index (χ4v) is 1.25. The summed E-state index contributed by atoms with van der Waals surface area (Å²) in [7, 11) is 0. The van der Waals surface area contributed by atoms with Crippen molar-refractivity contribution in [2.75, 3.05) is 6.54 Å². The Morgan fingerprint density at radius 2 is 2.25 bits per heavy atom. The molecule has 0 aliphatic carbocycles. The SMILES string of the molecule is C#Cc1cccc(C(O)C(O)CN=[N+]=[N-])c1. The van der Waals surface area contributed by atoms with Crippen molar-refractivity contribution < 1.29 is 10.2 Å². The molecule has 1 aromatic rings. The van der Waals surface area contributed by atoms with Gasteiger partial charge in [0.1, 0.15) is 6.10 Å². The molecule has 5 heteroatoms. The summed E-state index contributed by atoms with van der Waals surface area (Å²) >= 11 is 0. The van der Waals surface area contributed by atoms with Crippen LogP contribution in [0.3, 0.4) is 0 Å². The van der Waals surface area contributed by atoms with Gasteiger partial charge in [-0.3, -0.25) is 0 Å². The lowest BCUT2D eigenvalue weighted by atomic mass is 10.0. The lowest BCUT2D eigenvalue weighted by Crippen LogP contribution is -2.21. The summed E-state index contributed by atoms with van der Waals surface area (Å²) in [4.78, 5) is 2.51. The Morgan fingerprint density at radius 1 is 1.50 bits per heavy atom. The summed E-state index contributed by atoms with van der Waals surface area (Å²) in [6, 6.07) is 6.65. The van der Waals surface area contributed by atoms with Crippen LogP contribution in [0.2, 0.25) is 0 Å². The summed E-state index contributed by atoms with van der Waals surface area (Å²) in [5.74, 6) is 2.43. The van der Waals surface area contributed by atoms with Crippen LogP contribution in [0.1, 0.15) is 17.2 Å². The van der Waals surface area contributed by atoms with Gasteiger partial charge in [0.2, 0.25) is 0 Å². The highest BCUT2D eigenvalue weighted by Gasteiger charge is 2.17. The van der Waals surface area contributed by atoms with E-state index < -0.39 is 12.2 Å². The molecule has 0 saturated heterocycles. The molecule has 0 amide bonds. The number of azide groups is 1. The van der Waals surface area contributed by atoms with Gasteiger partial charge < -0.3 is 10.2 Å². The normalized spacial score (nSPS) is 13.3. The maximum absolute atomic E-state index is 9.73. The van der Waals surface area contributed by atoms with Crippen molar-refractivity contribution in [2.45, 2.75) is 12.2 Å². The van der Waals surface area contributed by atoms with E-state index in [9.17, 15) is 10.2 Å². The molecule has 1 aromatic carbocycles. The first kappa shape index (κ1) is 12.1. The predicted molar refractivity (Wildman–Crippen MR) is 59.4 cm³/mol. The van der Waals surface area contributed by atoms with Crippen molar-refractivity contribution in [1.29, 1.82) is 0 Å². The van der Waals surface area contributed by atoms with E-state index in [4.69, 9.17) is 12.0 Å². The smallest absolute Gasteiger partial charge is 0.105 e. The predicted octanol–water partition coefficient (Wildman–Crippen LogP) is 1.37. The second-order valence-corrected chi connectivity index (χ2v) is 3.20. The Balaban J connectivity index is 2.83. The fraction of sp³-hybridized carbons (Fsp3) is 0.273. The number of nitrogens with zero attached hydrogens (tertiary/aromatic N) is 3. The molecule has 0 spiro atoms. The van der Waals surface area contributed by atoms with Crippen molar-refractivity contribution in [1.82, 2.24) is 0 Å². The minimum Gasteiger partial charge on any atom is -0.390 e. The summed E-state index contributed by atoms with van der Waals surface area (Å²) < 4.78 is 0. The Morgan fingerprint density at radius 3 is 2.88 bits per heavy atom. The summed E-state index contributed by atoms with van der Waals surface area (Å²) in [6.45, 7) is -0.183. The van der Waals surface area contributed by atoms with E-state index in [2.05, 4.69) is 15.9 Å². The van der Waals surface area contributed by atoms with Crippen LogP contribution in [0, 0.1) is 12.3 Å². The van der Waals surface area contributed by atoms with Crippen molar-refractivity contribution >= 4 is 0 Å². The van der Waals surface area contributed by atoms with Gasteiger partial charge in [0, 0.05) is 10.5 Å². The number of aliphatic hydroxyl groups is 2. The zero-order chi connectivity index (χ0) is 12.0. The third-order valence-electron chi connectivity index (χ3n) is 2.09. The summed E-state index contributed by atoms with van der Waals surface area (Å²) in [5.41, 5.74) is 9.20. The zero-order valence-corrected chi connectivity index (χ0v) is 8.48. The van der Waals surface area contributed by atoms with Gasteiger partial charge in [0.25, 0.3) is 0 Å². The first-order chi connectivity index (χ1) is 7.69. The molecule has 5 nitrogen and oxygen atoms in total. The topological polar surface area (TPSA) is 89.2 Å². The van der Waals surface area contributed by atoms with E-state index in [1.807, 2.05) is 0 Å². The van der Waals surface area contributed by atoms with E-state index in [1.165, 1.54) is 0 Å². The van der Waals surface area contributed by atoms with Crippen LogP contribution >= 0.6 is 0 Å². The van der Waals surface area contributed by atoms with Gasteiger partial charge in [-0.2, -0.15) is 0 Å². The van der Waals surface area contributed by atoms with Crippen LogP contribution < -0.4 is 0 Å². The second kappa shape index (κ2) is 5.79. The lowest BCUT2D eigenvalue weighted by molar-refractivity contribution is 0.0244. The molecule has 0 aliphatic heterocycles. The van der Waals surface area contributed by atoms with Crippen molar-refractivity contribution in [3.05, 3.63) is 45.8 Å². The van der Waals surface area contributed by atoms with Crippen LogP contribution in [0.15, 0.2) is 29.4 Å². The minimum absolute atomic E-state index is 0.183. The molecular formula is C11H11N3O2. The molecule has 0 bridgehead atoms. The Kier molecular flexibility index (Phi) is 4.37. The van der Waals surface area contributed by atoms with Crippen LogP contribution in [-0.4, -0.2) is 22.9 Å². The summed E-state index contributed by atoms with van der Waals surface area (Å²) in [6.07, 6.45) is 2.97. The number of rotatable bonds is 4. The van der Waals surface area contributed by atoms with Crippen molar-refractivity contribution in [2.24, 2.45) is 5.11 Å². The maximum Gasteiger partial charge on any atom is 0.105 e. The monoisotopic (exact) mass is 217 g/mol. The maximum atomic E-state index is 9.73. The molecule has 1 rings (SSSR count). The van der Waals surface area contributed by atoms with Crippen LogP contribution in [-0.2, 0) is 0 Å². The Hall–Kier alpha value is -1.99. The number of aliphatic hydroxyl groups excluding tert-OH is 2. The largest absolute Gasteiger partial charge is 0.390 e. The molecule has 0 aliphatic rings. The number of terminal acetylenes is 1. The molecule has 2 atom stereocenters. The van der Waals surface area contributed by atoms with Gasteiger partial charge in [0.05, 0.1) is 12.6 Å². The first-order valence-electron chi connectivity index (χ1n) is 4.62. The number of benzene rings is 1. The molecule has 82 valence electrons. The molecule has 0 heterocycles.